The fourth-order valence-corrected chi connectivity index (χ4v) is 2.45. The van der Waals surface area contributed by atoms with Crippen LogP contribution in [0.25, 0.3) is 11.1 Å². The number of hydrogen-bond donors (Lipinski definition) is 0. The number of hydrogen-bond acceptors (Lipinski definition) is 0. The van der Waals surface area contributed by atoms with Gasteiger partial charge in [-0.1, -0.05) is 49.4 Å². The standard InChI is InChI=1S/C15H13/c1-2-11-7-5-9-14-13-8-4-3-6-12(13)10-15(11)14/h2-9H,10H2,1H3. The molecule has 0 unspecified atom stereocenters. The summed E-state index contributed by atoms with van der Waals surface area (Å²) >= 11 is 0. The van der Waals surface area contributed by atoms with E-state index in [0.29, 0.717) is 0 Å². The minimum absolute atomic E-state index is 1.09. The zero-order chi connectivity index (χ0) is 10.3. The van der Waals surface area contributed by atoms with Crippen LogP contribution in [0.2, 0.25) is 0 Å². The molecule has 0 bridgehead atoms. The molecular weight excluding hydrogens is 180 g/mol. The molecular formula is C15H13. The molecule has 0 fully saturated rings. The molecule has 3 rings (SSSR count). The van der Waals surface area contributed by atoms with Gasteiger partial charge in [-0.05, 0) is 40.7 Å². The summed E-state index contributed by atoms with van der Waals surface area (Å²) in [4.78, 5) is 0. The van der Waals surface area contributed by atoms with Crippen LogP contribution >= 0.6 is 0 Å². The van der Waals surface area contributed by atoms with Crippen LogP contribution in [0, 0.1) is 6.42 Å². The molecule has 0 atom stereocenters. The van der Waals surface area contributed by atoms with Gasteiger partial charge in [0.1, 0.15) is 0 Å². The molecule has 0 saturated heterocycles. The smallest absolute Gasteiger partial charge is 0.00106 e. The maximum Gasteiger partial charge on any atom is -0.00106 e. The van der Waals surface area contributed by atoms with E-state index in [2.05, 4.69) is 55.8 Å². The molecule has 1 aliphatic rings. The van der Waals surface area contributed by atoms with E-state index in [9.17, 15) is 0 Å². The quantitative estimate of drug-likeness (QED) is 0.551. The van der Waals surface area contributed by atoms with Crippen molar-refractivity contribution in [3.05, 3.63) is 65.6 Å². The Labute approximate surface area is 90.6 Å². The van der Waals surface area contributed by atoms with E-state index in [0.717, 1.165) is 6.42 Å². The third-order valence-electron chi connectivity index (χ3n) is 3.20. The lowest BCUT2D eigenvalue weighted by Gasteiger charge is -2.04. The first-order chi connectivity index (χ1) is 7.40. The van der Waals surface area contributed by atoms with Crippen molar-refractivity contribution in [1.29, 1.82) is 0 Å². The van der Waals surface area contributed by atoms with Crippen molar-refractivity contribution >= 4 is 0 Å². The summed E-state index contributed by atoms with van der Waals surface area (Å²) in [5, 5.41) is 0. The fourth-order valence-electron chi connectivity index (χ4n) is 2.45. The van der Waals surface area contributed by atoms with E-state index in [-0.39, 0.29) is 0 Å². The SMILES string of the molecule is C[CH]c1cccc2c1Cc1ccccc1-2. The third kappa shape index (κ3) is 1.21. The van der Waals surface area contributed by atoms with Gasteiger partial charge in [-0.15, -0.1) is 0 Å². The summed E-state index contributed by atoms with van der Waals surface area (Å²) in [5.74, 6) is 0. The van der Waals surface area contributed by atoms with E-state index in [1.807, 2.05) is 0 Å². The van der Waals surface area contributed by atoms with Crippen LogP contribution in [-0.2, 0) is 6.42 Å². The fraction of sp³-hybridized carbons (Fsp3) is 0.133. The van der Waals surface area contributed by atoms with E-state index < -0.39 is 0 Å². The lowest BCUT2D eigenvalue weighted by Crippen LogP contribution is -1.88. The molecule has 0 nitrogen and oxygen atoms in total. The average Bonchev–Trinajstić information content (AvgIpc) is 2.67. The van der Waals surface area contributed by atoms with E-state index in [1.54, 1.807) is 0 Å². The zero-order valence-corrected chi connectivity index (χ0v) is 8.83. The van der Waals surface area contributed by atoms with Gasteiger partial charge < -0.3 is 0 Å². The van der Waals surface area contributed by atoms with Crippen molar-refractivity contribution in [2.75, 3.05) is 0 Å². The van der Waals surface area contributed by atoms with Crippen molar-refractivity contribution in [2.24, 2.45) is 0 Å². The zero-order valence-electron chi connectivity index (χ0n) is 8.83. The van der Waals surface area contributed by atoms with Gasteiger partial charge in [0.2, 0.25) is 0 Å². The van der Waals surface area contributed by atoms with Gasteiger partial charge in [0.25, 0.3) is 0 Å². The minimum Gasteiger partial charge on any atom is -0.0619 e. The number of benzene rings is 2. The highest BCUT2D eigenvalue weighted by Crippen LogP contribution is 2.38. The molecule has 0 heterocycles. The van der Waals surface area contributed by atoms with Gasteiger partial charge in [-0.3, -0.25) is 0 Å². The lowest BCUT2D eigenvalue weighted by molar-refractivity contribution is 1.22. The summed E-state index contributed by atoms with van der Waals surface area (Å²) in [5.41, 5.74) is 7.16. The Hall–Kier alpha value is -1.56. The van der Waals surface area contributed by atoms with Crippen molar-refractivity contribution < 1.29 is 0 Å². The Balaban J connectivity index is 2.26. The minimum atomic E-state index is 1.09. The van der Waals surface area contributed by atoms with Gasteiger partial charge in [-0.2, -0.15) is 0 Å². The topological polar surface area (TPSA) is 0 Å². The molecule has 1 aliphatic carbocycles. The summed E-state index contributed by atoms with van der Waals surface area (Å²) in [6.45, 7) is 2.11. The van der Waals surface area contributed by atoms with Crippen LogP contribution in [0.5, 0.6) is 0 Å². The molecule has 0 aromatic heterocycles. The van der Waals surface area contributed by atoms with Crippen LogP contribution in [0.15, 0.2) is 42.5 Å². The van der Waals surface area contributed by atoms with Gasteiger partial charge in [0.15, 0.2) is 0 Å². The van der Waals surface area contributed by atoms with Crippen molar-refractivity contribution in [3.63, 3.8) is 0 Å². The predicted molar refractivity (Wildman–Crippen MR) is 63.8 cm³/mol. The first-order valence-corrected chi connectivity index (χ1v) is 5.39. The molecule has 0 amide bonds. The van der Waals surface area contributed by atoms with Crippen LogP contribution in [0.4, 0.5) is 0 Å². The molecule has 0 spiro atoms. The van der Waals surface area contributed by atoms with Crippen molar-refractivity contribution in [3.8, 4) is 11.1 Å². The van der Waals surface area contributed by atoms with Crippen molar-refractivity contribution in [2.45, 2.75) is 13.3 Å². The summed E-state index contributed by atoms with van der Waals surface area (Å²) in [6.07, 6.45) is 3.29. The molecule has 0 aliphatic heterocycles. The number of fused-ring (bicyclic) bond motifs is 3. The van der Waals surface area contributed by atoms with Crippen LogP contribution in [0.1, 0.15) is 23.6 Å². The van der Waals surface area contributed by atoms with E-state index >= 15 is 0 Å². The second kappa shape index (κ2) is 3.23. The van der Waals surface area contributed by atoms with E-state index in [1.165, 1.54) is 27.8 Å². The summed E-state index contributed by atoms with van der Waals surface area (Å²) in [6, 6.07) is 15.3. The Morgan fingerprint density at radius 3 is 2.60 bits per heavy atom. The Morgan fingerprint density at radius 1 is 0.933 bits per heavy atom. The van der Waals surface area contributed by atoms with Gasteiger partial charge in [0.05, 0.1) is 0 Å². The largest absolute Gasteiger partial charge is 0.0619 e. The van der Waals surface area contributed by atoms with Crippen LogP contribution in [-0.4, -0.2) is 0 Å². The van der Waals surface area contributed by atoms with Crippen LogP contribution < -0.4 is 0 Å². The predicted octanol–water partition coefficient (Wildman–Crippen LogP) is 3.83. The molecule has 0 heteroatoms. The average molecular weight is 193 g/mol. The highest BCUT2D eigenvalue weighted by Gasteiger charge is 2.19. The van der Waals surface area contributed by atoms with E-state index in [4.69, 9.17) is 0 Å². The first kappa shape index (κ1) is 8.72. The Bertz CT molecular complexity index is 509. The highest BCUT2D eigenvalue weighted by molar-refractivity contribution is 5.78. The van der Waals surface area contributed by atoms with Gasteiger partial charge >= 0.3 is 0 Å². The highest BCUT2D eigenvalue weighted by atomic mass is 14.2. The molecule has 2 aromatic rings. The first-order valence-electron chi connectivity index (χ1n) is 5.39. The van der Waals surface area contributed by atoms with Crippen LogP contribution in [0.3, 0.4) is 0 Å². The molecule has 0 saturated carbocycles. The normalized spacial score (nSPS) is 12.3. The summed E-state index contributed by atoms with van der Waals surface area (Å²) < 4.78 is 0. The summed E-state index contributed by atoms with van der Waals surface area (Å²) in [7, 11) is 0. The number of rotatable bonds is 1. The molecule has 73 valence electrons. The third-order valence-corrected chi connectivity index (χ3v) is 3.20. The Morgan fingerprint density at radius 2 is 1.73 bits per heavy atom. The van der Waals surface area contributed by atoms with Gasteiger partial charge in [-0.25, -0.2) is 0 Å². The monoisotopic (exact) mass is 193 g/mol. The lowest BCUT2D eigenvalue weighted by atomic mass is 10.00. The maximum atomic E-state index is 2.23. The van der Waals surface area contributed by atoms with Gasteiger partial charge in [0, 0.05) is 0 Å². The molecule has 2 aromatic carbocycles. The molecule has 15 heavy (non-hydrogen) atoms. The molecule has 0 N–H and O–H groups in total. The molecule has 1 radical (unpaired) electrons. The van der Waals surface area contributed by atoms with Crippen molar-refractivity contribution in [1.82, 2.24) is 0 Å². The second-order valence-electron chi connectivity index (χ2n) is 4.00. The maximum absolute atomic E-state index is 2.23. The second-order valence-corrected chi connectivity index (χ2v) is 4.00. The Kier molecular flexibility index (Phi) is 1.88.